The summed E-state index contributed by atoms with van der Waals surface area (Å²) in [7, 11) is 0. The van der Waals surface area contributed by atoms with E-state index in [4.69, 9.17) is 0 Å². The third kappa shape index (κ3) is 1.37. The van der Waals surface area contributed by atoms with E-state index in [0.717, 1.165) is 23.4 Å². The number of hydrogen-bond donors (Lipinski definition) is 1. The van der Waals surface area contributed by atoms with Gasteiger partial charge in [-0.05, 0) is 29.8 Å². The van der Waals surface area contributed by atoms with Gasteiger partial charge in [0.2, 0.25) is 0 Å². The first-order chi connectivity index (χ1) is 6.59. The Bertz CT molecular complexity index is 337. The zero-order valence-electron chi connectivity index (χ0n) is 8.82. The van der Waals surface area contributed by atoms with Crippen LogP contribution < -0.4 is 0 Å². The molecule has 4 heteroatoms. The van der Waals surface area contributed by atoms with Crippen LogP contribution in [0, 0.1) is 5.92 Å². The number of aromatic nitrogens is 2. The van der Waals surface area contributed by atoms with Crippen LogP contribution in [0.2, 0.25) is 0 Å². The van der Waals surface area contributed by atoms with Gasteiger partial charge in [-0.1, -0.05) is 31.7 Å². The third-order valence-electron chi connectivity index (χ3n) is 3.02. The Morgan fingerprint density at radius 1 is 1.64 bits per heavy atom. The van der Waals surface area contributed by atoms with Gasteiger partial charge in [-0.15, -0.1) is 5.10 Å². The molecule has 1 aliphatic carbocycles. The Labute approximate surface area is 88.3 Å². The van der Waals surface area contributed by atoms with Crippen LogP contribution in [0.15, 0.2) is 0 Å². The molecule has 1 N–H and O–H groups in total. The highest BCUT2D eigenvalue weighted by Gasteiger charge is 2.55. The maximum absolute atomic E-state index is 10.3. The van der Waals surface area contributed by atoms with Crippen LogP contribution in [0.5, 0.6) is 0 Å². The minimum atomic E-state index is -0.595. The van der Waals surface area contributed by atoms with Gasteiger partial charge in [-0.25, -0.2) is 0 Å². The molecule has 78 valence electrons. The molecule has 1 saturated carbocycles. The van der Waals surface area contributed by atoms with Crippen LogP contribution >= 0.6 is 11.5 Å². The van der Waals surface area contributed by atoms with E-state index >= 15 is 0 Å². The minimum absolute atomic E-state index is 0.353. The molecule has 3 nitrogen and oxygen atoms in total. The highest BCUT2D eigenvalue weighted by Crippen LogP contribution is 2.55. The van der Waals surface area contributed by atoms with E-state index in [2.05, 4.69) is 30.4 Å². The molecule has 0 saturated heterocycles. The molecular formula is C10H16N2OS. The highest BCUT2D eigenvalue weighted by molar-refractivity contribution is 7.05. The minimum Gasteiger partial charge on any atom is -0.384 e. The van der Waals surface area contributed by atoms with Crippen LogP contribution in [0.25, 0.3) is 0 Å². The lowest BCUT2D eigenvalue weighted by Gasteiger charge is -2.10. The van der Waals surface area contributed by atoms with E-state index in [1.807, 2.05) is 0 Å². The first-order valence-electron chi connectivity index (χ1n) is 5.14. The largest absolute Gasteiger partial charge is 0.384 e. The second kappa shape index (κ2) is 3.28. The molecule has 2 unspecified atom stereocenters. The summed E-state index contributed by atoms with van der Waals surface area (Å²) in [5.74, 6) is 0.771. The van der Waals surface area contributed by atoms with Gasteiger partial charge in [0.1, 0.15) is 5.60 Å². The quantitative estimate of drug-likeness (QED) is 0.836. The summed E-state index contributed by atoms with van der Waals surface area (Å²) in [6.45, 7) is 6.30. The van der Waals surface area contributed by atoms with Crippen molar-refractivity contribution in [3.05, 3.63) is 10.6 Å². The average molecular weight is 212 g/mol. The van der Waals surface area contributed by atoms with Crippen molar-refractivity contribution in [2.24, 2.45) is 5.92 Å². The van der Waals surface area contributed by atoms with Crippen molar-refractivity contribution in [1.29, 1.82) is 0 Å². The summed E-state index contributed by atoms with van der Waals surface area (Å²) in [6, 6.07) is 0. The van der Waals surface area contributed by atoms with Crippen molar-refractivity contribution in [2.75, 3.05) is 0 Å². The summed E-state index contributed by atoms with van der Waals surface area (Å²) < 4.78 is 3.95. The smallest absolute Gasteiger partial charge is 0.106 e. The predicted molar refractivity (Wildman–Crippen MR) is 56.3 cm³/mol. The van der Waals surface area contributed by atoms with E-state index in [1.54, 1.807) is 0 Å². The molecule has 0 spiro atoms. The lowest BCUT2D eigenvalue weighted by molar-refractivity contribution is 0.133. The van der Waals surface area contributed by atoms with Crippen molar-refractivity contribution in [3.63, 3.8) is 0 Å². The molecule has 0 aromatic carbocycles. The molecule has 14 heavy (non-hydrogen) atoms. The molecular weight excluding hydrogens is 196 g/mol. The van der Waals surface area contributed by atoms with E-state index in [1.165, 1.54) is 11.5 Å². The van der Waals surface area contributed by atoms with Gasteiger partial charge < -0.3 is 5.11 Å². The molecule has 1 fully saturated rings. The fourth-order valence-electron chi connectivity index (χ4n) is 1.95. The Balaban J connectivity index is 2.29. The summed E-state index contributed by atoms with van der Waals surface area (Å²) in [5.41, 5.74) is 0.385. The Morgan fingerprint density at radius 2 is 2.36 bits per heavy atom. The first-order valence-corrected chi connectivity index (χ1v) is 5.92. The van der Waals surface area contributed by atoms with Crippen molar-refractivity contribution >= 4 is 11.5 Å². The molecule has 0 bridgehead atoms. The normalized spacial score (nSPS) is 31.1. The van der Waals surface area contributed by atoms with Crippen LogP contribution in [0.1, 0.15) is 50.1 Å². The standard InChI is InChI=1S/C10H16N2OS/c1-4-7-5-10(7,13)9-8(6(2)3)11-12-14-9/h6-7,13H,4-5H2,1-3H3. The molecule has 1 aliphatic rings. The van der Waals surface area contributed by atoms with Crippen molar-refractivity contribution in [3.8, 4) is 0 Å². The maximum Gasteiger partial charge on any atom is 0.106 e. The van der Waals surface area contributed by atoms with E-state index in [-0.39, 0.29) is 0 Å². The summed E-state index contributed by atoms with van der Waals surface area (Å²) in [5, 5.41) is 14.4. The third-order valence-corrected chi connectivity index (χ3v) is 3.93. The average Bonchev–Trinajstić information content (AvgIpc) is 2.65. The van der Waals surface area contributed by atoms with Gasteiger partial charge in [0.15, 0.2) is 0 Å². The molecule has 0 amide bonds. The van der Waals surface area contributed by atoms with E-state index in [9.17, 15) is 5.11 Å². The van der Waals surface area contributed by atoms with Gasteiger partial charge in [-0.3, -0.25) is 0 Å². The zero-order valence-corrected chi connectivity index (χ0v) is 9.64. The van der Waals surface area contributed by atoms with Gasteiger partial charge in [-0.2, -0.15) is 0 Å². The van der Waals surface area contributed by atoms with Gasteiger partial charge in [0.25, 0.3) is 0 Å². The fraction of sp³-hybridized carbons (Fsp3) is 0.800. The van der Waals surface area contributed by atoms with Crippen LogP contribution in [0.4, 0.5) is 0 Å². The molecule has 0 radical (unpaired) electrons. The van der Waals surface area contributed by atoms with Crippen LogP contribution in [0.3, 0.4) is 0 Å². The molecule has 1 heterocycles. The first kappa shape index (κ1) is 10.1. The van der Waals surface area contributed by atoms with Gasteiger partial charge in [0, 0.05) is 0 Å². The summed E-state index contributed by atoms with van der Waals surface area (Å²) in [4.78, 5) is 0.999. The summed E-state index contributed by atoms with van der Waals surface area (Å²) in [6.07, 6.45) is 1.92. The lowest BCUT2D eigenvalue weighted by Crippen LogP contribution is -2.10. The Hall–Kier alpha value is -0.480. The van der Waals surface area contributed by atoms with E-state index < -0.39 is 5.60 Å². The Kier molecular flexibility index (Phi) is 2.35. The maximum atomic E-state index is 10.3. The SMILES string of the molecule is CCC1CC1(O)c1snnc1C(C)C. The highest BCUT2D eigenvalue weighted by atomic mass is 32.1. The molecule has 1 aromatic heterocycles. The van der Waals surface area contributed by atoms with E-state index in [0.29, 0.717) is 11.8 Å². The fourth-order valence-corrected chi connectivity index (χ4v) is 2.94. The van der Waals surface area contributed by atoms with Crippen molar-refractivity contribution in [2.45, 2.75) is 45.1 Å². The molecule has 0 aliphatic heterocycles. The number of aliphatic hydroxyl groups is 1. The van der Waals surface area contributed by atoms with Gasteiger partial charge in [0.05, 0.1) is 10.6 Å². The summed E-state index contributed by atoms with van der Waals surface area (Å²) >= 11 is 1.36. The second-order valence-corrected chi connectivity index (χ2v) is 5.13. The molecule has 2 atom stereocenters. The monoisotopic (exact) mass is 212 g/mol. The van der Waals surface area contributed by atoms with Gasteiger partial charge >= 0.3 is 0 Å². The lowest BCUT2D eigenvalue weighted by atomic mass is 10.0. The predicted octanol–water partition coefficient (Wildman–Crippen LogP) is 2.28. The number of rotatable bonds is 3. The van der Waals surface area contributed by atoms with Crippen molar-refractivity contribution < 1.29 is 5.11 Å². The number of hydrogen-bond acceptors (Lipinski definition) is 4. The molecule has 1 aromatic rings. The van der Waals surface area contributed by atoms with Crippen molar-refractivity contribution in [1.82, 2.24) is 9.59 Å². The second-order valence-electron chi connectivity index (χ2n) is 4.38. The number of nitrogens with zero attached hydrogens (tertiary/aromatic N) is 2. The molecule has 2 rings (SSSR count). The van der Waals surface area contributed by atoms with Crippen LogP contribution in [-0.2, 0) is 5.60 Å². The van der Waals surface area contributed by atoms with Crippen LogP contribution in [-0.4, -0.2) is 14.7 Å². The zero-order chi connectivity index (χ0) is 10.3. The Morgan fingerprint density at radius 3 is 2.86 bits per heavy atom. The topological polar surface area (TPSA) is 46.0 Å².